The number of rotatable bonds is 4. The highest BCUT2D eigenvalue weighted by Gasteiger charge is 2.24. The van der Waals surface area contributed by atoms with Crippen molar-refractivity contribution in [2.45, 2.75) is 33.4 Å². The molecule has 0 aliphatic rings. The summed E-state index contributed by atoms with van der Waals surface area (Å²) in [6.07, 6.45) is 0.519. The van der Waals surface area contributed by atoms with Crippen LogP contribution in [0.1, 0.15) is 19.4 Å². The summed E-state index contributed by atoms with van der Waals surface area (Å²) in [5, 5.41) is 7.06. The Hall–Kier alpha value is -2.77. The van der Waals surface area contributed by atoms with Crippen molar-refractivity contribution in [3.8, 4) is 0 Å². The van der Waals surface area contributed by atoms with Gasteiger partial charge in [-0.25, -0.2) is 9.59 Å². The van der Waals surface area contributed by atoms with Gasteiger partial charge in [-0.05, 0) is 43.3 Å². The predicted molar refractivity (Wildman–Crippen MR) is 79.9 cm³/mol. The number of tetrazole rings is 1. The fraction of sp³-hybridized carbons (Fsp3) is 0.357. The average Bonchev–Trinajstić information content (AvgIpc) is 2.83. The van der Waals surface area contributed by atoms with Crippen LogP contribution in [0.4, 0.5) is 10.5 Å². The third-order valence-electron chi connectivity index (χ3n) is 3.10. The smallest absolute Gasteiger partial charge is 0.301 e. The van der Waals surface area contributed by atoms with Gasteiger partial charge in [0.1, 0.15) is 12.8 Å². The van der Waals surface area contributed by atoms with Crippen LogP contribution in [0.15, 0.2) is 29.1 Å². The van der Waals surface area contributed by atoms with E-state index in [9.17, 15) is 14.4 Å². The van der Waals surface area contributed by atoms with Crippen LogP contribution in [0.5, 0.6) is 0 Å². The van der Waals surface area contributed by atoms with Gasteiger partial charge in [-0.15, -0.1) is 4.68 Å². The maximum Gasteiger partial charge on any atom is 0.372 e. The molecule has 0 bridgehead atoms. The second kappa shape index (κ2) is 6.33. The molecule has 0 unspecified atom stereocenters. The number of hydrogen-bond acceptors (Lipinski definition) is 5. The highest BCUT2D eigenvalue weighted by molar-refractivity contribution is 5.93. The SMILES string of the molecule is Cc1ccc(N(C(=O)n2nnn(CC=O)c2=O)C(C)C)cc1. The van der Waals surface area contributed by atoms with Gasteiger partial charge in [-0.2, -0.15) is 4.68 Å². The number of aldehydes is 1. The number of carbonyl (C=O) groups excluding carboxylic acids is 2. The van der Waals surface area contributed by atoms with Crippen LogP contribution in [-0.4, -0.2) is 38.1 Å². The summed E-state index contributed by atoms with van der Waals surface area (Å²) in [4.78, 5) is 36.5. The maximum absolute atomic E-state index is 12.6. The summed E-state index contributed by atoms with van der Waals surface area (Å²) in [5.41, 5.74) is 0.978. The van der Waals surface area contributed by atoms with Crippen LogP contribution < -0.4 is 10.6 Å². The lowest BCUT2D eigenvalue weighted by Crippen LogP contribution is -2.44. The fourth-order valence-corrected chi connectivity index (χ4v) is 2.02. The molecular weight excluding hydrogens is 286 g/mol. The van der Waals surface area contributed by atoms with Crippen molar-refractivity contribution in [3.63, 3.8) is 0 Å². The van der Waals surface area contributed by atoms with Crippen molar-refractivity contribution in [1.29, 1.82) is 0 Å². The molecule has 1 heterocycles. The van der Waals surface area contributed by atoms with E-state index in [-0.39, 0.29) is 12.6 Å². The lowest BCUT2D eigenvalue weighted by atomic mass is 10.2. The number of hydrogen-bond donors (Lipinski definition) is 0. The zero-order valence-corrected chi connectivity index (χ0v) is 12.6. The Balaban J connectivity index is 2.41. The summed E-state index contributed by atoms with van der Waals surface area (Å²) in [6.45, 7) is 5.37. The van der Waals surface area contributed by atoms with Crippen LogP contribution in [0, 0.1) is 6.92 Å². The Bertz CT molecular complexity index is 730. The van der Waals surface area contributed by atoms with Gasteiger partial charge in [-0.1, -0.05) is 17.7 Å². The predicted octanol–water partition coefficient (Wildman–Crippen LogP) is 0.830. The molecule has 0 saturated carbocycles. The van der Waals surface area contributed by atoms with E-state index < -0.39 is 11.7 Å². The van der Waals surface area contributed by atoms with Gasteiger partial charge in [-0.3, -0.25) is 4.90 Å². The van der Waals surface area contributed by atoms with E-state index in [1.165, 1.54) is 4.90 Å². The summed E-state index contributed by atoms with van der Waals surface area (Å²) >= 11 is 0. The molecule has 0 spiro atoms. The van der Waals surface area contributed by atoms with Crippen LogP contribution in [0.2, 0.25) is 0 Å². The second-order valence-corrected chi connectivity index (χ2v) is 5.10. The minimum Gasteiger partial charge on any atom is -0.301 e. The van der Waals surface area contributed by atoms with E-state index in [1.54, 1.807) is 12.1 Å². The van der Waals surface area contributed by atoms with E-state index in [4.69, 9.17) is 0 Å². The molecule has 0 atom stereocenters. The minimum absolute atomic E-state index is 0.182. The molecule has 8 nitrogen and oxygen atoms in total. The summed E-state index contributed by atoms with van der Waals surface area (Å²) in [5.74, 6) is 0. The third kappa shape index (κ3) is 2.95. The monoisotopic (exact) mass is 303 g/mol. The topological polar surface area (TPSA) is 90.1 Å². The molecule has 0 radical (unpaired) electrons. The number of anilines is 1. The van der Waals surface area contributed by atoms with Gasteiger partial charge in [0.25, 0.3) is 0 Å². The van der Waals surface area contributed by atoms with Crippen molar-refractivity contribution < 1.29 is 9.59 Å². The summed E-state index contributed by atoms with van der Waals surface area (Å²) < 4.78 is 1.49. The van der Waals surface area contributed by atoms with Crippen LogP contribution in [0.3, 0.4) is 0 Å². The zero-order valence-electron chi connectivity index (χ0n) is 12.6. The number of benzene rings is 1. The summed E-state index contributed by atoms with van der Waals surface area (Å²) in [6, 6.07) is 6.57. The number of aryl methyl sites for hydroxylation is 1. The van der Waals surface area contributed by atoms with Crippen LogP contribution in [0.25, 0.3) is 0 Å². The number of amides is 1. The largest absolute Gasteiger partial charge is 0.372 e. The van der Waals surface area contributed by atoms with Crippen LogP contribution in [-0.2, 0) is 11.3 Å². The Morgan fingerprint density at radius 3 is 2.45 bits per heavy atom. The molecule has 8 heteroatoms. The first-order chi connectivity index (χ1) is 10.5. The lowest BCUT2D eigenvalue weighted by Gasteiger charge is -2.25. The maximum atomic E-state index is 12.6. The number of carbonyl (C=O) groups is 2. The van der Waals surface area contributed by atoms with Crippen molar-refractivity contribution in [2.24, 2.45) is 0 Å². The first-order valence-electron chi connectivity index (χ1n) is 6.82. The highest BCUT2D eigenvalue weighted by atomic mass is 16.2. The third-order valence-corrected chi connectivity index (χ3v) is 3.10. The van der Waals surface area contributed by atoms with Gasteiger partial charge in [0.15, 0.2) is 0 Å². The van der Waals surface area contributed by atoms with Crippen molar-refractivity contribution in [1.82, 2.24) is 19.8 Å². The molecule has 1 aromatic carbocycles. The first kappa shape index (κ1) is 15.6. The minimum atomic E-state index is -0.741. The van der Waals surface area contributed by atoms with E-state index in [2.05, 4.69) is 10.4 Å². The van der Waals surface area contributed by atoms with E-state index >= 15 is 0 Å². The molecule has 1 amide bonds. The standard InChI is InChI=1S/C14H17N5O3/c1-10(2)18(12-6-4-11(3)5-7-12)14(22)19-13(21)17(8-9-20)15-16-19/h4-7,9-10H,8H2,1-3H3. The van der Waals surface area contributed by atoms with Crippen molar-refractivity contribution in [2.75, 3.05) is 4.90 Å². The molecule has 0 fully saturated rings. The van der Waals surface area contributed by atoms with E-state index in [0.717, 1.165) is 10.2 Å². The number of aromatic nitrogens is 4. The Morgan fingerprint density at radius 2 is 1.91 bits per heavy atom. The van der Waals surface area contributed by atoms with Crippen molar-refractivity contribution >= 4 is 18.0 Å². The van der Waals surface area contributed by atoms with E-state index in [0.29, 0.717) is 16.7 Å². The molecule has 22 heavy (non-hydrogen) atoms. The Kier molecular flexibility index (Phi) is 4.50. The molecule has 0 N–H and O–H groups in total. The van der Waals surface area contributed by atoms with Gasteiger partial charge < -0.3 is 4.79 Å². The first-order valence-corrected chi connectivity index (χ1v) is 6.82. The Labute approximate surface area is 126 Å². The Morgan fingerprint density at radius 1 is 1.27 bits per heavy atom. The second-order valence-electron chi connectivity index (χ2n) is 5.10. The lowest BCUT2D eigenvalue weighted by molar-refractivity contribution is -0.108. The molecule has 116 valence electrons. The van der Waals surface area contributed by atoms with Gasteiger partial charge in [0, 0.05) is 11.7 Å². The highest BCUT2D eigenvalue weighted by Crippen LogP contribution is 2.18. The molecule has 2 rings (SSSR count). The molecule has 1 aromatic heterocycles. The van der Waals surface area contributed by atoms with Gasteiger partial charge in [0.05, 0.1) is 0 Å². The normalized spacial score (nSPS) is 10.7. The quantitative estimate of drug-likeness (QED) is 0.616. The number of nitrogens with zero attached hydrogens (tertiary/aromatic N) is 5. The van der Waals surface area contributed by atoms with Gasteiger partial charge >= 0.3 is 11.7 Å². The van der Waals surface area contributed by atoms with Crippen molar-refractivity contribution in [3.05, 3.63) is 40.3 Å². The van der Waals surface area contributed by atoms with Gasteiger partial charge in [0.2, 0.25) is 0 Å². The average molecular weight is 303 g/mol. The molecule has 0 saturated heterocycles. The molecule has 0 aliphatic heterocycles. The fourth-order valence-electron chi connectivity index (χ4n) is 2.02. The molecule has 0 aliphatic carbocycles. The van der Waals surface area contributed by atoms with E-state index in [1.807, 2.05) is 32.9 Å². The van der Waals surface area contributed by atoms with Crippen LogP contribution >= 0.6 is 0 Å². The molecule has 2 aromatic rings. The zero-order chi connectivity index (χ0) is 16.3. The molecular formula is C14H17N5O3. The summed E-state index contributed by atoms with van der Waals surface area (Å²) in [7, 11) is 0.